The topological polar surface area (TPSA) is 93.1 Å². The van der Waals surface area contributed by atoms with Gasteiger partial charge in [0.1, 0.15) is 5.75 Å². The summed E-state index contributed by atoms with van der Waals surface area (Å²) in [5.41, 5.74) is 0.897. The van der Waals surface area contributed by atoms with Gasteiger partial charge in [-0.2, -0.15) is 0 Å². The lowest BCUT2D eigenvalue weighted by molar-refractivity contribution is -0.121. The van der Waals surface area contributed by atoms with Crippen LogP contribution in [0.25, 0.3) is 5.57 Å². The van der Waals surface area contributed by atoms with Gasteiger partial charge in [0.2, 0.25) is 0 Å². The van der Waals surface area contributed by atoms with Gasteiger partial charge >= 0.3 is 11.9 Å². The predicted octanol–water partition coefficient (Wildman–Crippen LogP) is 4.27. The first-order chi connectivity index (χ1) is 14.8. The molecule has 1 N–H and O–H groups in total. The van der Waals surface area contributed by atoms with E-state index in [2.05, 4.69) is 0 Å². The zero-order valence-electron chi connectivity index (χ0n) is 17.8. The van der Waals surface area contributed by atoms with Crippen LogP contribution in [0.3, 0.4) is 0 Å². The second-order valence-electron chi connectivity index (χ2n) is 7.40. The Bertz CT molecular complexity index is 1010. The molecule has 31 heavy (non-hydrogen) atoms. The first kappa shape index (κ1) is 22.1. The van der Waals surface area contributed by atoms with Crippen LogP contribution in [0.15, 0.2) is 54.3 Å². The van der Waals surface area contributed by atoms with E-state index in [0.29, 0.717) is 23.5 Å². The molecule has 0 fully saturated rings. The van der Waals surface area contributed by atoms with E-state index in [1.54, 1.807) is 24.3 Å². The number of carbonyl (C=O) groups is 3. The molecule has 1 aliphatic rings. The molecular formula is C24H25NO6. The molecule has 1 aliphatic heterocycles. The molecule has 7 heteroatoms. The summed E-state index contributed by atoms with van der Waals surface area (Å²) in [5.74, 6) is -1.93. The normalized spacial score (nSPS) is 13.9. The maximum Gasteiger partial charge on any atom is 0.338 e. The number of hydrogen-bond donors (Lipinski definition) is 1. The summed E-state index contributed by atoms with van der Waals surface area (Å²) in [6.45, 7) is 6.13. The first-order valence-corrected chi connectivity index (χ1v) is 10.2. The largest absolute Gasteiger partial charge is 0.502 e. The summed E-state index contributed by atoms with van der Waals surface area (Å²) in [7, 11) is 0. The third-order valence-corrected chi connectivity index (χ3v) is 4.67. The van der Waals surface area contributed by atoms with Crippen molar-refractivity contribution in [3.8, 4) is 5.75 Å². The van der Waals surface area contributed by atoms with Crippen LogP contribution in [0, 0.1) is 0 Å². The lowest BCUT2D eigenvalue weighted by Crippen LogP contribution is -2.31. The molecule has 0 spiro atoms. The van der Waals surface area contributed by atoms with Crippen LogP contribution < -0.4 is 9.64 Å². The van der Waals surface area contributed by atoms with E-state index in [-0.39, 0.29) is 17.4 Å². The minimum atomic E-state index is -0.819. The van der Waals surface area contributed by atoms with E-state index < -0.39 is 23.5 Å². The molecule has 7 nitrogen and oxygen atoms in total. The molecule has 1 heterocycles. The van der Waals surface area contributed by atoms with Gasteiger partial charge in [-0.05, 0) is 62.2 Å². The Kier molecular flexibility index (Phi) is 6.74. The Morgan fingerprint density at radius 3 is 2.23 bits per heavy atom. The Balaban J connectivity index is 1.78. The highest BCUT2D eigenvalue weighted by Gasteiger charge is 2.40. The van der Waals surface area contributed by atoms with Crippen LogP contribution in [0.2, 0.25) is 0 Å². The number of unbranched alkanes of at least 4 members (excludes halogenated alkanes) is 1. The number of ether oxygens (including phenoxy) is 2. The summed E-state index contributed by atoms with van der Waals surface area (Å²) >= 11 is 0. The molecule has 0 atom stereocenters. The zero-order valence-corrected chi connectivity index (χ0v) is 17.8. The fourth-order valence-electron chi connectivity index (χ4n) is 3.12. The molecule has 162 valence electrons. The van der Waals surface area contributed by atoms with Crippen molar-refractivity contribution in [3.63, 3.8) is 0 Å². The summed E-state index contributed by atoms with van der Waals surface area (Å²) in [5, 5.41) is 10.4. The van der Waals surface area contributed by atoms with Crippen molar-refractivity contribution >= 4 is 29.0 Å². The maximum absolute atomic E-state index is 12.9. The molecule has 0 radical (unpaired) electrons. The van der Waals surface area contributed by atoms with Crippen LogP contribution in [-0.4, -0.2) is 35.6 Å². The average Bonchev–Trinajstić information content (AvgIpc) is 2.97. The van der Waals surface area contributed by atoms with Crippen molar-refractivity contribution in [2.75, 3.05) is 11.5 Å². The number of anilines is 1. The third kappa shape index (κ3) is 4.77. The average molecular weight is 423 g/mol. The number of aliphatic hydroxyl groups excluding tert-OH is 1. The molecule has 2 aromatic rings. The monoisotopic (exact) mass is 423 g/mol. The highest BCUT2D eigenvalue weighted by atomic mass is 16.5. The molecule has 0 aliphatic carbocycles. The van der Waals surface area contributed by atoms with Gasteiger partial charge in [-0.1, -0.05) is 25.5 Å². The van der Waals surface area contributed by atoms with E-state index >= 15 is 0 Å². The number of carbonyl (C=O) groups excluding carboxylic acids is 3. The number of hydrogen-bond acceptors (Lipinski definition) is 6. The predicted molar refractivity (Wildman–Crippen MR) is 116 cm³/mol. The van der Waals surface area contributed by atoms with E-state index in [1.165, 1.54) is 24.3 Å². The Morgan fingerprint density at radius 1 is 1.00 bits per heavy atom. The zero-order chi connectivity index (χ0) is 22.5. The molecule has 0 saturated heterocycles. The van der Waals surface area contributed by atoms with Gasteiger partial charge in [-0.3, -0.25) is 9.59 Å². The Morgan fingerprint density at radius 2 is 1.65 bits per heavy atom. The number of nitrogens with zero attached hydrogens (tertiary/aromatic N) is 1. The number of benzene rings is 2. The smallest absolute Gasteiger partial charge is 0.338 e. The highest BCUT2D eigenvalue weighted by molar-refractivity contribution is 6.44. The summed E-state index contributed by atoms with van der Waals surface area (Å²) < 4.78 is 10.7. The van der Waals surface area contributed by atoms with E-state index in [0.717, 1.165) is 17.7 Å². The molecule has 2 amide bonds. The van der Waals surface area contributed by atoms with Crippen molar-refractivity contribution < 1.29 is 29.0 Å². The molecular weight excluding hydrogens is 398 g/mol. The number of aliphatic hydroxyl groups is 1. The van der Waals surface area contributed by atoms with Crippen molar-refractivity contribution in [2.45, 2.75) is 39.7 Å². The molecule has 2 aromatic carbocycles. The number of amides is 2. The van der Waals surface area contributed by atoms with Gasteiger partial charge < -0.3 is 14.6 Å². The van der Waals surface area contributed by atoms with Gasteiger partial charge in [0.25, 0.3) is 5.91 Å². The highest BCUT2D eigenvalue weighted by Crippen LogP contribution is 2.32. The van der Waals surface area contributed by atoms with Crippen molar-refractivity contribution in [2.24, 2.45) is 0 Å². The summed E-state index contributed by atoms with van der Waals surface area (Å²) in [6, 6.07) is 12.5. The second-order valence-corrected chi connectivity index (χ2v) is 7.40. The molecule has 0 bridgehead atoms. The lowest BCUT2D eigenvalue weighted by atomic mass is 10.1. The Labute approximate surface area is 180 Å². The standard InChI is InChI=1S/C24H25NO6/c1-4-5-14-30-24(29)17-6-10-18(11-7-17)25-22(27)20(21(26)23(25)28)16-8-12-19(13-9-16)31-15(2)3/h6-13,15,26H,4-5,14H2,1-3H3. The Hall–Kier alpha value is -3.61. The fourth-order valence-corrected chi connectivity index (χ4v) is 3.12. The summed E-state index contributed by atoms with van der Waals surface area (Å²) in [6.07, 6.45) is 1.69. The molecule has 0 saturated carbocycles. The van der Waals surface area contributed by atoms with Crippen LogP contribution in [0.4, 0.5) is 5.69 Å². The molecule has 3 rings (SSSR count). The van der Waals surface area contributed by atoms with Crippen molar-refractivity contribution in [1.82, 2.24) is 0 Å². The van der Waals surface area contributed by atoms with Crippen LogP contribution in [0.1, 0.15) is 49.5 Å². The third-order valence-electron chi connectivity index (χ3n) is 4.67. The van der Waals surface area contributed by atoms with Gasteiger partial charge in [-0.25, -0.2) is 9.69 Å². The number of rotatable bonds is 8. The van der Waals surface area contributed by atoms with Crippen LogP contribution in [0.5, 0.6) is 5.75 Å². The van der Waals surface area contributed by atoms with E-state index in [1.807, 2.05) is 20.8 Å². The van der Waals surface area contributed by atoms with Gasteiger partial charge in [-0.15, -0.1) is 0 Å². The maximum atomic E-state index is 12.9. The quantitative estimate of drug-likeness (QED) is 0.387. The minimum absolute atomic E-state index is 0.00412. The van der Waals surface area contributed by atoms with E-state index in [4.69, 9.17) is 9.47 Å². The first-order valence-electron chi connectivity index (χ1n) is 10.2. The van der Waals surface area contributed by atoms with Crippen LogP contribution in [-0.2, 0) is 14.3 Å². The SMILES string of the molecule is CCCCOC(=O)c1ccc(N2C(=O)C(O)=C(c3ccc(OC(C)C)cc3)C2=O)cc1. The molecule has 0 unspecified atom stereocenters. The van der Waals surface area contributed by atoms with Crippen molar-refractivity contribution in [1.29, 1.82) is 0 Å². The lowest BCUT2D eigenvalue weighted by Gasteiger charge is -2.15. The van der Waals surface area contributed by atoms with Crippen LogP contribution >= 0.6 is 0 Å². The van der Waals surface area contributed by atoms with E-state index in [9.17, 15) is 19.5 Å². The minimum Gasteiger partial charge on any atom is -0.502 e. The second kappa shape index (κ2) is 9.47. The fraction of sp³-hybridized carbons (Fsp3) is 0.292. The van der Waals surface area contributed by atoms with Gasteiger partial charge in [0.05, 0.1) is 29.5 Å². The van der Waals surface area contributed by atoms with Crippen molar-refractivity contribution in [3.05, 3.63) is 65.4 Å². The molecule has 0 aromatic heterocycles. The number of esters is 1. The van der Waals surface area contributed by atoms with Gasteiger partial charge in [0.15, 0.2) is 5.76 Å². The summed E-state index contributed by atoms with van der Waals surface area (Å²) in [4.78, 5) is 38.5. The number of imide groups is 1. The van der Waals surface area contributed by atoms with Gasteiger partial charge in [0, 0.05) is 0 Å².